The molecule has 0 spiro atoms. The number of hydrogen-bond acceptors (Lipinski definition) is 4. The number of carboxylic acids is 1. The van der Waals surface area contributed by atoms with Gasteiger partial charge in [-0.2, -0.15) is 0 Å². The Bertz CT molecular complexity index is 1080. The molecule has 7 nitrogen and oxygen atoms in total. The van der Waals surface area contributed by atoms with Crippen LogP contribution in [-0.2, 0) is 14.3 Å². The molecule has 2 fully saturated rings. The summed E-state index contributed by atoms with van der Waals surface area (Å²) < 4.78 is 5.62. The average Bonchev–Trinajstić information content (AvgIpc) is 3.51. The lowest BCUT2D eigenvalue weighted by Crippen LogP contribution is -2.55. The molecule has 3 aliphatic carbocycles. The van der Waals surface area contributed by atoms with Gasteiger partial charge in [0.2, 0.25) is 5.91 Å². The van der Waals surface area contributed by atoms with Gasteiger partial charge in [-0.3, -0.25) is 4.79 Å². The van der Waals surface area contributed by atoms with E-state index in [0.29, 0.717) is 19.3 Å². The minimum Gasteiger partial charge on any atom is -0.480 e. The van der Waals surface area contributed by atoms with Crippen molar-refractivity contribution in [1.29, 1.82) is 0 Å². The van der Waals surface area contributed by atoms with Crippen LogP contribution in [0, 0.1) is 11.8 Å². The van der Waals surface area contributed by atoms with Crippen molar-refractivity contribution in [2.45, 2.75) is 56.5 Å². The predicted octanol–water partition coefficient (Wildman–Crippen LogP) is 4.06. The number of fused-ring (bicyclic) bond motifs is 3. The second-order valence-electron chi connectivity index (χ2n) is 9.95. The van der Waals surface area contributed by atoms with Crippen LogP contribution >= 0.6 is 0 Å². The van der Waals surface area contributed by atoms with E-state index in [1.54, 1.807) is 6.92 Å². The molecule has 0 aromatic heterocycles. The van der Waals surface area contributed by atoms with Crippen molar-refractivity contribution in [1.82, 2.24) is 10.6 Å². The molecule has 3 N–H and O–H groups in total. The van der Waals surface area contributed by atoms with Gasteiger partial charge in [0.15, 0.2) is 0 Å². The standard InChI is InChI=1S/C27H30N2O5/c1-27(25(31)32,17-11-12-17)29-24(30)16-10-13-18(14-16)28-26(33)34-15-23-21-8-4-2-6-19(21)20-7-3-5-9-22(20)23/h2-9,16-18,23H,10-15H2,1H3,(H,28,33)(H,29,30)(H,31,32). The fourth-order valence-electron chi connectivity index (χ4n) is 5.51. The van der Waals surface area contributed by atoms with Gasteiger partial charge in [-0.25, -0.2) is 9.59 Å². The second kappa shape index (κ2) is 8.78. The van der Waals surface area contributed by atoms with Gasteiger partial charge in [-0.1, -0.05) is 48.5 Å². The molecule has 2 aromatic rings. The zero-order chi connectivity index (χ0) is 23.9. The molecule has 7 heteroatoms. The van der Waals surface area contributed by atoms with Gasteiger partial charge in [-0.05, 0) is 67.2 Å². The van der Waals surface area contributed by atoms with Crippen LogP contribution in [0.4, 0.5) is 4.79 Å². The Hall–Kier alpha value is -3.35. The van der Waals surface area contributed by atoms with Gasteiger partial charge in [0.1, 0.15) is 12.1 Å². The number of carbonyl (C=O) groups is 3. The number of benzene rings is 2. The molecule has 0 heterocycles. The van der Waals surface area contributed by atoms with Crippen molar-refractivity contribution in [3.63, 3.8) is 0 Å². The summed E-state index contributed by atoms with van der Waals surface area (Å²) in [5.41, 5.74) is 3.46. The van der Waals surface area contributed by atoms with Crippen LogP contribution in [0.25, 0.3) is 11.1 Å². The number of carboxylic acid groups (broad SMARTS) is 1. The highest BCUT2D eigenvalue weighted by atomic mass is 16.5. The van der Waals surface area contributed by atoms with Gasteiger partial charge in [0, 0.05) is 17.9 Å². The molecular weight excluding hydrogens is 432 g/mol. The van der Waals surface area contributed by atoms with Crippen LogP contribution in [0.2, 0.25) is 0 Å². The van der Waals surface area contributed by atoms with E-state index in [1.165, 1.54) is 11.1 Å². The van der Waals surface area contributed by atoms with Crippen LogP contribution in [0.1, 0.15) is 56.1 Å². The van der Waals surface area contributed by atoms with E-state index in [1.807, 2.05) is 24.3 Å². The van der Waals surface area contributed by atoms with E-state index >= 15 is 0 Å². The first-order chi connectivity index (χ1) is 16.4. The van der Waals surface area contributed by atoms with Crippen LogP contribution < -0.4 is 10.6 Å². The molecule has 3 unspecified atom stereocenters. The Morgan fingerprint density at radius 2 is 1.59 bits per heavy atom. The number of ether oxygens (including phenoxy) is 1. The van der Waals surface area contributed by atoms with E-state index in [0.717, 1.165) is 24.0 Å². The van der Waals surface area contributed by atoms with Gasteiger partial charge in [0.05, 0.1) is 0 Å². The molecule has 0 bridgehead atoms. The lowest BCUT2D eigenvalue weighted by molar-refractivity contribution is -0.148. The Kier molecular flexibility index (Phi) is 5.80. The molecule has 0 saturated heterocycles. The summed E-state index contributed by atoms with van der Waals surface area (Å²) in [7, 11) is 0. The van der Waals surface area contributed by atoms with E-state index in [2.05, 4.69) is 34.9 Å². The maximum Gasteiger partial charge on any atom is 0.407 e. The third kappa shape index (κ3) is 4.15. The minimum absolute atomic E-state index is 0.00336. The molecule has 34 heavy (non-hydrogen) atoms. The summed E-state index contributed by atoms with van der Waals surface area (Å²) in [6, 6.07) is 16.2. The average molecular weight is 463 g/mol. The highest BCUT2D eigenvalue weighted by Crippen LogP contribution is 2.44. The van der Waals surface area contributed by atoms with Crippen molar-refractivity contribution in [2.24, 2.45) is 11.8 Å². The zero-order valence-electron chi connectivity index (χ0n) is 19.3. The molecule has 5 rings (SSSR count). The fourth-order valence-corrected chi connectivity index (χ4v) is 5.51. The highest BCUT2D eigenvalue weighted by Gasteiger charge is 2.49. The number of amides is 2. The summed E-state index contributed by atoms with van der Waals surface area (Å²) in [5.74, 6) is -1.55. The Morgan fingerprint density at radius 1 is 0.971 bits per heavy atom. The van der Waals surface area contributed by atoms with Crippen molar-refractivity contribution in [3.05, 3.63) is 59.7 Å². The number of nitrogens with one attached hydrogen (secondary N) is 2. The quantitative estimate of drug-likeness (QED) is 0.576. The van der Waals surface area contributed by atoms with Crippen LogP contribution in [-0.4, -0.2) is 41.3 Å². The lowest BCUT2D eigenvalue weighted by atomic mass is 9.94. The summed E-state index contributed by atoms with van der Waals surface area (Å²) >= 11 is 0. The summed E-state index contributed by atoms with van der Waals surface area (Å²) in [6.07, 6.45) is 2.91. The molecule has 2 amide bonds. The maximum absolute atomic E-state index is 12.7. The normalized spacial score (nSPS) is 22.9. The van der Waals surface area contributed by atoms with Gasteiger partial charge in [0.25, 0.3) is 0 Å². The van der Waals surface area contributed by atoms with Gasteiger partial charge >= 0.3 is 12.1 Å². The molecule has 178 valence electrons. The van der Waals surface area contributed by atoms with Crippen LogP contribution in [0.5, 0.6) is 0 Å². The minimum atomic E-state index is -1.21. The smallest absolute Gasteiger partial charge is 0.407 e. The summed E-state index contributed by atoms with van der Waals surface area (Å²) in [4.78, 5) is 37.0. The van der Waals surface area contributed by atoms with Crippen molar-refractivity contribution < 1.29 is 24.2 Å². The van der Waals surface area contributed by atoms with Gasteiger partial charge < -0.3 is 20.5 Å². The van der Waals surface area contributed by atoms with Crippen molar-refractivity contribution >= 4 is 18.0 Å². The Morgan fingerprint density at radius 3 is 2.18 bits per heavy atom. The number of aliphatic carboxylic acids is 1. The molecule has 2 saturated carbocycles. The molecule has 3 aliphatic rings. The fraction of sp³-hybridized carbons (Fsp3) is 0.444. The van der Waals surface area contributed by atoms with E-state index in [-0.39, 0.29) is 36.3 Å². The number of hydrogen-bond donors (Lipinski definition) is 3. The zero-order valence-corrected chi connectivity index (χ0v) is 19.3. The molecular formula is C27H30N2O5. The summed E-state index contributed by atoms with van der Waals surface area (Å²) in [5, 5.41) is 15.3. The van der Waals surface area contributed by atoms with E-state index in [9.17, 15) is 19.5 Å². The summed E-state index contributed by atoms with van der Waals surface area (Å²) in [6.45, 7) is 1.83. The first-order valence-corrected chi connectivity index (χ1v) is 12.0. The first kappa shape index (κ1) is 22.4. The molecule has 2 aromatic carbocycles. The van der Waals surface area contributed by atoms with Crippen molar-refractivity contribution in [2.75, 3.05) is 6.61 Å². The Labute approximate surface area is 198 Å². The first-order valence-electron chi connectivity index (χ1n) is 12.0. The SMILES string of the molecule is CC(NC(=O)C1CCC(NC(=O)OCC2c3ccccc3-c3ccccc32)C1)(C(=O)O)C1CC1. The topological polar surface area (TPSA) is 105 Å². The van der Waals surface area contributed by atoms with Crippen LogP contribution in [0.3, 0.4) is 0 Å². The third-order valence-electron chi connectivity index (χ3n) is 7.69. The highest BCUT2D eigenvalue weighted by molar-refractivity contribution is 5.88. The van der Waals surface area contributed by atoms with Crippen molar-refractivity contribution in [3.8, 4) is 11.1 Å². The number of carbonyl (C=O) groups excluding carboxylic acids is 2. The lowest BCUT2D eigenvalue weighted by Gasteiger charge is -2.27. The van der Waals surface area contributed by atoms with Crippen LogP contribution in [0.15, 0.2) is 48.5 Å². The second-order valence-corrected chi connectivity index (χ2v) is 9.95. The predicted molar refractivity (Wildman–Crippen MR) is 126 cm³/mol. The molecule has 0 aliphatic heterocycles. The van der Waals surface area contributed by atoms with E-state index in [4.69, 9.17) is 4.74 Å². The number of rotatable bonds is 7. The molecule has 3 atom stereocenters. The third-order valence-corrected chi connectivity index (χ3v) is 7.69. The Balaban J connectivity index is 1.15. The molecule has 0 radical (unpaired) electrons. The largest absolute Gasteiger partial charge is 0.480 e. The monoisotopic (exact) mass is 462 g/mol. The number of alkyl carbamates (subject to hydrolysis) is 1. The van der Waals surface area contributed by atoms with E-state index < -0.39 is 17.6 Å². The van der Waals surface area contributed by atoms with Gasteiger partial charge in [-0.15, -0.1) is 0 Å². The maximum atomic E-state index is 12.7.